The van der Waals surface area contributed by atoms with Crippen LogP contribution in [0.25, 0.3) is 0 Å². The number of nitriles is 1. The summed E-state index contributed by atoms with van der Waals surface area (Å²) in [5, 5.41) is 12.5. The van der Waals surface area contributed by atoms with Crippen LogP contribution >= 0.6 is 0 Å². The van der Waals surface area contributed by atoms with Crippen LogP contribution in [0.3, 0.4) is 0 Å². The Morgan fingerprint density at radius 1 is 1.00 bits per heavy atom. The second-order valence-corrected chi connectivity index (χ2v) is 4.53. The lowest BCUT2D eigenvalue weighted by atomic mass is 10.1. The summed E-state index contributed by atoms with van der Waals surface area (Å²) in [7, 11) is 0. The first-order valence-corrected chi connectivity index (χ1v) is 5.96. The van der Waals surface area contributed by atoms with Crippen molar-refractivity contribution in [1.29, 1.82) is 5.26 Å². The SMILES string of the molecule is Cc1ccc(Nc2cccc(C)c2C)c(C#N)c1. The maximum atomic E-state index is 9.15. The molecule has 0 aliphatic heterocycles. The number of rotatable bonds is 2. The Morgan fingerprint density at radius 3 is 2.50 bits per heavy atom. The Bertz CT molecular complexity index is 621. The molecule has 0 heterocycles. The van der Waals surface area contributed by atoms with Crippen LogP contribution in [0.15, 0.2) is 36.4 Å². The third-order valence-corrected chi connectivity index (χ3v) is 3.17. The quantitative estimate of drug-likeness (QED) is 0.847. The van der Waals surface area contributed by atoms with Crippen LogP contribution in [0.2, 0.25) is 0 Å². The molecule has 0 atom stereocenters. The second kappa shape index (κ2) is 4.93. The van der Waals surface area contributed by atoms with Gasteiger partial charge in [-0.25, -0.2) is 0 Å². The molecule has 2 aromatic carbocycles. The van der Waals surface area contributed by atoms with Crippen LogP contribution in [0.1, 0.15) is 22.3 Å². The van der Waals surface area contributed by atoms with Gasteiger partial charge in [0.2, 0.25) is 0 Å². The summed E-state index contributed by atoms with van der Waals surface area (Å²) in [5.74, 6) is 0. The number of anilines is 2. The fourth-order valence-corrected chi connectivity index (χ4v) is 1.89. The molecule has 18 heavy (non-hydrogen) atoms. The molecule has 90 valence electrons. The molecule has 0 saturated heterocycles. The van der Waals surface area contributed by atoms with Gasteiger partial charge in [-0.05, 0) is 55.7 Å². The molecular formula is C16H16N2. The second-order valence-electron chi connectivity index (χ2n) is 4.53. The van der Waals surface area contributed by atoms with Crippen molar-refractivity contribution in [1.82, 2.24) is 0 Å². The van der Waals surface area contributed by atoms with Crippen molar-refractivity contribution < 1.29 is 0 Å². The van der Waals surface area contributed by atoms with Crippen LogP contribution in [-0.2, 0) is 0 Å². The molecule has 0 spiro atoms. The summed E-state index contributed by atoms with van der Waals surface area (Å²) >= 11 is 0. The molecule has 2 rings (SSSR count). The van der Waals surface area contributed by atoms with E-state index in [1.807, 2.05) is 37.3 Å². The number of aryl methyl sites for hydroxylation is 2. The van der Waals surface area contributed by atoms with Gasteiger partial charge in [0.15, 0.2) is 0 Å². The predicted molar refractivity (Wildman–Crippen MR) is 75.1 cm³/mol. The van der Waals surface area contributed by atoms with Gasteiger partial charge < -0.3 is 5.32 Å². The molecule has 2 nitrogen and oxygen atoms in total. The molecule has 0 amide bonds. The van der Waals surface area contributed by atoms with Gasteiger partial charge in [-0.1, -0.05) is 18.2 Å². The van der Waals surface area contributed by atoms with Gasteiger partial charge in [0.1, 0.15) is 6.07 Å². The minimum atomic E-state index is 0.677. The van der Waals surface area contributed by atoms with E-state index in [9.17, 15) is 0 Å². The van der Waals surface area contributed by atoms with E-state index in [-0.39, 0.29) is 0 Å². The Balaban J connectivity index is 2.41. The topological polar surface area (TPSA) is 35.8 Å². The van der Waals surface area contributed by atoms with Crippen molar-refractivity contribution in [2.75, 3.05) is 5.32 Å². The highest BCUT2D eigenvalue weighted by atomic mass is 14.9. The van der Waals surface area contributed by atoms with Crippen LogP contribution in [0, 0.1) is 32.1 Å². The Morgan fingerprint density at radius 2 is 1.78 bits per heavy atom. The lowest BCUT2D eigenvalue weighted by Crippen LogP contribution is -1.97. The average molecular weight is 236 g/mol. The molecule has 2 heteroatoms. The van der Waals surface area contributed by atoms with Gasteiger partial charge in [0.05, 0.1) is 11.3 Å². The smallest absolute Gasteiger partial charge is 0.101 e. The fourth-order valence-electron chi connectivity index (χ4n) is 1.89. The van der Waals surface area contributed by atoms with Gasteiger partial charge in [-0.2, -0.15) is 5.26 Å². The highest BCUT2D eigenvalue weighted by Crippen LogP contribution is 2.25. The first kappa shape index (κ1) is 12.2. The van der Waals surface area contributed by atoms with E-state index >= 15 is 0 Å². The van der Waals surface area contributed by atoms with E-state index < -0.39 is 0 Å². The van der Waals surface area contributed by atoms with Crippen LogP contribution in [0.5, 0.6) is 0 Å². The average Bonchev–Trinajstić information content (AvgIpc) is 2.37. The summed E-state index contributed by atoms with van der Waals surface area (Å²) in [4.78, 5) is 0. The first-order chi connectivity index (χ1) is 8.61. The van der Waals surface area contributed by atoms with Gasteiger partial charge in [0.25, 0.3) is 0 Å². The maximum Gasteiger partial charge on any atom is 0.101 e. The van der Waals surface area contributed by atoms with E-state index in [2.05, 4.69) is 31.3 Å². The van der Waals surface area contributed by atoms with Crippen molar-refractivity contribution in [2.24, 2.45) is 0 Å². The summed E-state index contributed by atoms with van der Waals surface area (Å²) in [5.41, 5.74) is 6.13. The normalized spacial score (nSPS) is 9.89. The molecule has 0 unspecified atom stereocenters. The summed E-state index contributed by atoms with van der Waals surface area (Å²) in [6.45, 7) is 6.15. The number of hydrogen-bond donors (Lipinski definition) is 1. The van der Waals surface area contributed by atoms with Gasteiger partial charge in [-0.15, -0.1) is 0 Å². The standard InChI is InChI=1S/C16H16N2/c1-11-7-8-16(14(9-11)10-17)18-15-6-4-5-12(2)13(15)3/h4-9,18H,1-3H3. The van der Waals surface area contributed by atoms with Crippen LogP contribution in [0.4, 0.5) is 11.4 Å². The van der Waals surface area contributed by atoms with Crippen LogP contribution in [-0.4, -0.2) is 0 Å². The zero-order valence-electron chi connectivity index (χ0n) is 10.9. The molecule has 2 aromatic rings. The zero-order chi connectivity index (χ0) is 13.1. The third kappa shape index (κ3) is 2.36. The van der Waals surface area contributed by atoms with Crippen LogP contribution < -0.4 is 5.32 Å². The summed E-state index contributed by atoms with van der Waals surface area (Å²) in [6, 6.07) is 14.2. The molecule has 0 aliphatic carbocycles. The van der Waals surface area contributed by atoms with E-state index in [4.69, 9.17) is 5.26 Å². The number of nitrogens with zero attached hydrogens (tertiary/aromatic N) is 1. The molecule has 0 fully saturated rings. The monoisotopic (exact) mass is 236 g/mol. The van der Waals surface area contributed by atoms with E-state index in [1.54, 1.807) is 0 Å². The van der Waals surface area contributed by atoms with Crippen molar-refractivity contribution in [3.05, 3.63) is 58.7 Å². The Kier molecular flexibility index (Phi) is 3.34. The lowest BCUT2D eigenvalue weighted by Gasteiger charge is -2.12. The Labute approximate surface area is 108 Å². The van der Waals surface area contributed by atoms with Crippen molar-refractivity contribution in [3.8, 4) is 6.07 Å². The fraction of sp³-hybridized carbons (Fsp3) is 0.188. The van der Waals surface area contributed by atoms with Gasteiger partial charge >= 0.3 is 0 Å². The van der Waals surface area contributed by atoms with E-state index in [0.29, 0.717) is 5.56 Å². The summed E-state index contributed by atoms with van der Waals surface area (Å²) in [6.07, 6.45) is 0. The first-order valence-electron chi connectivity index (χ1n) is 5.96. The maximum absolute atomic E-state index is 9.15. The van der Waals surface area contributed by atoms with Gasteiger partial charge in [0, 0.05) is 5.69 Å². The number of benzene rings is 2. The highest BCUT2D eigenvalue weighted by Gasteiger charge is 2.05. The minimum Gasteiger partial charge on any atom is -0.354 e. The largest absolute Gasteiger partial charge is 0.354 e. The molecule has 0 radical (unpaired) electrons. The van der Waals surface area contributed by atoms with Gasteiger partial charge in [-0.3, -0.25) is 0 Å². The number of hydrogen-bond acceptors (Lipinski definition) is 2. The zero-order valence-corrected chi connectivity index (χ0v) is 10.9. The molecule has 0 aliphatic rings. The summed E-state index contributed by atoms with van der Waals surface area (Å²) < 4.78 is 0. The highest BCUT2D eigenvalue weighted by molar-refractivity contribution is 5.69. The molecular weight excluding hydrogens is 220 g/mol. The van der Waals surface area contributed by atoms with E-state index in [1.165, 1.54) is 11.1 Å². The minimum absolute atomic E-state index is 0.677. The molecule has 0 aromatic heterocycles. The Hall–Kier alpha value is -2.27. The molecule has 0 saturated carbocycles. The third-order valence-electron chi connectivity index (χ3n) is 3.17. The molecule has 1 N–H and O–H groups in total. The van der Waals surface area contributed by atoms with Crippen molar-refractivity contribution >= 4 is 11.4 Å². The van der Waals surface area contributed by atoms with Crippen molar-refractivity contribution in [2.45, 2.75) is 20.8 Å². The predicted octanol–water partition coefficient (Wildman–Crippen LogP) is 4.23. The number of nitrogens with one attached hydrogen (secondary N) is 1. The van der Waals surface area contributed by atoms with Crippen molar-refractivity contribution in [3.63, 3.8) is 0 Å². The van der Waals surface area contributed by atoms with E-state index in [0.717, 1.165) is 16.9 Å². The molecule has 0 bridgehead atoms. The lowest BCUT2D eigenvalue weighted by molar-refractivity contribution is 1.32.